The first-order valence-electron chi connectivity index (χ1n) is 6.62. The number of benzene rings is 1. The van der Waals surface area contributed by atoms with Crippen LogP contribution in [0.15, 0.2) is 28.7 Å². The summed E-state index contributed by atoms with van der Waals surface area (Å²) in [5.74, 6) is 0. The van der Waals surface area contributed by atoms with Gasteiger partial charge >= 0.3 is 0 Å². The number of rotatable bonds is 3. The van der Waals surface area contributed by atoms with Crippen molar-refractivity contribution in [1.29, 1.82) is 0 Å². The first kappa shape index (κ1) is 11.5. The highest BCUT2D eigenvalue weighted by molar-refractivity contribution is 5.74. The highest BCUT2D eigenvalue weighted by Crippen LogP contribution is 2.19. The normalized spacial score (nSPS) is 21.3. The summed E-state index contributed by atoms with van der Waals surface area (Å²) in [5.41, 5.74) is 1.76. The molecular weight excluding hydrogens is 226 g/mol. The Morgan fingerprint density at radius 2 is 2.28 bits per heavy atom. The van der Waals surface area contributed by atoms with Crippen molar-refractivity contribution < 1.29 is 4.42 Å². The molecule has 1 aliphatic heterocycles. The van der Waals surface area contributed by atoms with Crippen LogP contribution in [0.2, 0.25) is 0 Å². The summed E-state index contributed by atoms with van der Waals surface area (Å²) in [4.78, 5) is 6.84. The molecule has 2 heterocycles. The van der Waals surface area contributed by atoms with Crippen molar-refractivity contribution in [1.82, 2.24) is 9.88 Å². The lowest BCUT2D eigenvalue weighted by atomic mass is 10.0. The molecular formula is C14H19N3O. The summed E-state index contributed by atoms with van der Waals surface area (Å²) in [6.45, 7) is 2.10. The molecule has 1 fully saturated rings. The topological polar surface area (TPSA) is 41.3 Å². The van der Waals surface area contributed by atoms with Crippen LogP contribution in [0.1, 0.15) is 19.3 Å². The molecule has 1 aliphatic rings. The van der Waals surface area contributed by atoms with Crippen LogP contribution >= 0.6 is 0 Å². The lowest BCUT2D eigenvalue weighted by molar-refractivity contribution is 0.194. The van der Waals surface area contributed by atoms with Crippen LogP contribution < -0.4 is 5.32 Å². The minimum atomic E-state index is 0.591. The molecule has 1 saturated heterocycles. The Balaban J connectivity index is 1.65. The van der Waals surface area contributed by atoms with E-state index in [-0.39, 0.29) is 0 Å². The largest absolute Gasteiger partial charge is 0.424 e. The number of hydrogen-bond acceptors (Lipinski definition) is 4. The molecule has 1 aromatic heterocycles. The number of piperidine rings is 1. The number of aromatic nitrogens is 1. The molecule has 18 heavy (non-hydrogen) atoms. The third kappa shape index (κ3) is 2.34. The van der Waals surface area contributed by atoms with Crippen LogP contribution in [0.25, 0.3) is 11.1 Å². The van der Waals surface area contributed by atoms with E-state index in [1.54, 1.807) is 0 Å². The van der Waals surface area contributed by atoms with Crippen LogP contribution in [-0.2, 0) is 0 Å². The number of nitrogens with one attached hydrogen (secondary N) is 1. The van der Waals surface area contributed by atoms with Gasteiger partial charge in [-0.25, -0.2) is 0 Å². The van der Waals surface area contributed by atoms with Crippen molar-refractivity contribution in [2.45, 2.75) is 25.3 Å². The average Bonchev–Trinajstić information content (AvgIpc) is 2.80. The second kappa shape index (κ2) is 4.98. The van der Waals surface area contributed by atoms with Gasteiger partial charge in [0.25, 0.3) is 6.01 Å². The SMILES string of the molecule is CN1CCCCC1CNc1nc2ccccc2o1. The number of hydrogen-bond donors (Lipinski definition) is 1. The molecule has 1 atom stereocenters. The molecule has 0 spiro atoms. The molecule has 96 valence electrons. The molecule has 2 aromatic rings. The molecule has 1 unspecified atom stereocenters. The Labute approximate surface area is 107 Å². The minimum absolute atomic E-state index is 0.591. The van der Waals surface area contributed by atoms with Crippen LogP contribution in [0.5, 0.6) is 0 Å². The highest BCUT2D eigenvalue weighted by Gasteiger charge is 2.19. The lowest BCUT2D eigenvalue weighted by Gasteiger charge is -2.32. The van der Waals surface area contributed by atoms with Gasteiger partial charge in [-0.3, -0.25) is 0 Å². The average molecular weight is 245 g/mol. The van der Waals surface area contributed by atoms with Crippen LogP contribution in [-0.4, -0.2) is 36.1 Å². The van der Waals surface area contributed by atoms with E-state index in [0.29, 0.717) is 12.1 Å². The highest BCUT2D eigenvalue weighted by atomic mass is 16.4. The Kier molecular flexibility index (Phi) is 3.19. The van der Waals surface area contributed by atoms with Gasteiger partial charge in [0.15, 0.2) is 5.58 Å². The molecule has 0 aliphatic carbocycles. The maximum atomic E-state index is 5.65. The number of anilines is 1. The van der Waals surface area contributed by atoms with E-state index in [0.717, 1.165) is 17.6 Å². The van der Waals surface area contributed by atoms with Crippen molar-refractivity contribution in [2.24, 2.45) is 0 Å². The number of nitrogens with zero attached hydrogens (tertiary/aromatic N) is 2. The smallest absolute Gasteiger partial charge is 0.295 e. The number of oxazole rings is 1. The minimum Gasteiger partial charge on any atom is -0.424 e. The zero-order valence-electron chi connectivity index (χ0n) is 10.7. The van der Waals surface area contributed by atoms with Crippen molar-refractivity contribution in [2.75, 3.05) is 25.5 Å². The number of likely N-dealkylation sites (N-methyl/N-ethyl adjacent to an activating group) is 1. The molecule has 0 amide bonds. The molecule has 3 rings (SSSR count). The van der Waals surface area contributed by atoms with Crippen LogP contribution in [0, 0.1) is 0 Å². The zero-order valence-corrected chi connectivity index (χ0v) is 10.7. The van der Waals surface area contributed by atoms with Crippen molar-refractivity contribution in [3.8, 4) is 0 Å². The summed E-state index contributed by atoms with van der Waals surface area (Å²) < 4.78 is 5.65. The summed E-state index contributed by atoms with van der Waals surface area (Å²) in [7, 11) is 2.19. The molecule has 1 N–H and O–H groups in total. The predicted molar refractivity (Wildman–Crippen MR) is 72.8 cm³/mol. The summed E-state index contributed by atoms with van der Waals surface area (Å²) in [5, 5.41) is 3.31. The van der Waals surface area contributed by atoms with Gasteiger partial charge in [0.05, 0.1) is 0 Å². The Morgan fingerprint density at radius 1 is 1.39 bits per heavy atom. The van der Waals surface area contributed by atoms with E-state index in [1.807, 2.05) is 24.3 Å². The third-order valence-electron chi connectivity index (χ3n) is 3.70. The standard InChI is InChI=1S/C14H19N3O/c1-17-9-5-4-6-11(17)10-15-14-16-12-7-2-3-8-13(12)18-14/h2-3,7-8,11H,4-6,9-10H2,1H3,(H,15,16). The summed E-state index contributed by atoms with van der Waals surface area (Å²) in [6, 6.07) is 9.08. The van der Waals surface area contributed by atoms with E-state index in [1.165, 1.54) is 25.8 Å². The van der Waals surface area contributed by atoms with Gasteiger partial charge in [0.1, 0.15) is 5.52 Å². The predicted octanol–water partition coefficient (Wildman–Crippen LogP) is 2.72. The molecule has 4 heteroatoms. The fourth-order valence-corrected chi connectivity index (χ4v) is 2.55. The Morgan fingerprint density at radius 3 is 3.11 bits per heavy atom. The van der Waals surface area contributed by atoms with E-state index in [4.69, 9.17) is 4.42 Å². The second-order valence-electron chi connectivity index (χ2n) is 5.00. The van der Waals surface area contributed by atoms with Gasteiger partial charge in [-0.15, -0.1) is 0 Å². The van der Waals surface area contributed by atoms with Crippen LogP contribution in [0.4, 0.5) is 6.01 Å². The molecule has 4 nitrogen and oxygen atoms in total. The molecule has 0 saturated carbocycles. The fourth-order valence-electron chi connectivity index (χ4n) is 2.55. The third-order valence-corrected chi connectivity index (χ3v) is 3.70. The number of fused-ring (bicyclic) bond motifs is 1. The molecule has 0 radical (unpaired) electrons. The van der Waals surface area contributed by atoms with Crippen molar-refractivity contribution in [3.05, 3.63) is 24.3 Å². The quantitative estimate of drug-likeness (QED) is 0.902. The van der Waals surface area contributed by atoms with Crippen molar-refractivity contribution in [3.63, 3.8) is 0 Å². The van der Waals surface area contributed by atoms with E-state index in [2.05, 4.69) is 22.2 Å². The monoisotopic (exact) mass is 245 g/mol. The lowest BCUT2D eigenvalue weighted by Crippen LogP contribution is -2.40. The van der Waals surface area contributed by atoms with E-state index < -0.39 is 0 Å². The van der Waals surface area contributed by atoms with Gasteiger partial charge < -0.3 is 14.6 Å². The van der Waals surface area contributed by atoms with Gasteiger partial charge in [-0.2, -0.15) is 4.98 Å². The maximum absolute atomic E-state index is 5.65. The summed E-state index contributed by atoms with van der Waals surface area (Å²) in [6.07, 6.45) is 3.89. The molecule has 0 bridgehead atoms. The zero-order chi connectivity index (χ0) is 12.4. The van der Waals surface area contributed by atoms with Gasteiger partial charge in [-0.1, -0.05) is 18.6 Å². The van der Waals surface area contributed by atoms with Crippen molar-refractivity contribution >= 4 is 17.1 Å². The Hall–Kier alpha value is -1.55. The maximum Gasteiger partial charge on any atom is 0.295 e. The number of likely N-dealkylation sites (tertiary alicyclic amines) is 1. The van der Waals surface area contributed by atoms with Crippen LogP contribution in [0.3, 0.4) is 0 Å². The first-order valence-corrected chi connectivity index (χ1v) is 6.62. The summed E-state index contributed by atoms with van der Waals surface area (Å²) >= 11 is 0. The second-order valence-corrected chi connectivity index (χ2v) is 5.00. The first-order chi connectivity index (χ1) is 8.83. The fraction of sp³-hybridized carbons (Fsp3) is 0.500. The Bertz CT molecular complexity index is 489. The van der Waals surface area contributed by atoms with E-state index in [9.17, 15) is 0 Å². The van der Waals surface area contributed by atoms with Gasteiger partial charge in [0, 0.05) is 12.6 Å². The molecule has 1 aromatic carbocycles. The van der Waals surface area contributed by atoms with E-state index >= 15 is 0 Å². The van der Waals surface area contributed by atoms with Gasteiger partial charge in [0.2, 0.25) is 0 Å². The van der Waals surface area contributed by atoms with Gasteiger partial charge in [-0.05, 0) is 38.6 Å². The number of para-hydroxylation sites is 2.